The van der Waals surface area contributed by atoms with Crippen molar-refractivity contribution in [2.45, 2.75) is 328 Å². The molecule has 0 aliphatic heterocycles. The number of hydrogen-bond acceptors (Lipinski definition) is 8. The van der Waals surface area contributed by atoms with Crippen molar-refractivity contribution < 1.29 is 42.1 Å². The molecule has 458 valence electrons. The number of ether oxygens (including phenoxy) is 2. The summed E-state index contributed by atoms with van der Waals surface area (Å²) in [7, 11) is 1.18. The Hall–Kier alpha value is -2.03. The standard InChI is InChI=1S/C68H128NO8P/c1-6-8-10-12-14-16-18-20-22-24-26-28-30-32-33-34-35-37-39-41-43-45-47-49-51-53-55-57-59-61-68(71)77-66(65-76-78(72,73)75-63-62-69(3,4)5)64-74-67(70)60-58-56-54-52-50-48-46-44-42-40-38-36-31-29-27-25-23-21-19-17-15-13-11-9-7-2/h18,20,24-27,30,32,66H,6-17,19,21-23,28-29,31,33-65H2,1-5H3/b20-18-,26-24-,27-25-,32-30-. The van der Waals surface area contributed by atoms with Crippen LogP contribution in [-0.2, 0) is 32.7 Å². The van der Waals surface area contributed by atoms with Crippen LogP contribution in [0.15, 0.2) is 48.6 Å². The molecule has 0 fully saturated rings. The van der Waals surface area contributed by atoms with Gasteiger partial charge in [0.2, 0.25) is 0 Å². The number of esters is 2. The number of phosphoric ester groups is 1. The van der Waals surface area contributed by atoms with Crippen molar-refractivity contribution in [3.05, 3.63) is 48.6 Å². The number of phosphoric acid groups is 1. The van der Waals surface area contributed by atoms with Gasteiger partial charge in [-0.05, 0) is 77.0 Å². The van der Waals surface area contributed by atoms with Gasteiger partial charge in [-0.25, -0.2) is 0 Å². The van der Waals surface area contributed by atoms with Crippen molar-refractivity contribution in [3.8, 4) is 0 Å². The highest BCUT2D eigenvalue weighted by Gasteiger charge is 2.22. The highest BCUT2D eigenvalue weighted by atomic mass is 31.2. The lowest BCUT2D eigenvalue weighted by Crippen LogP contribution is -2.37. The average Bonchev–Trinajstić information content (AvgIpc) is 3.41. The summed E-state index contributed by atoms with van der Waals surface area (Å²) in [4.78, 5) is 38.0. The molecule has 0 saturated carbocycles. The first-order chi connectivity index (χ1) is 38.0. The third kappa shape index (κ3) is 63.2. The van der Waals surface area contributed by atoms with Gasteiger partial charge in [-0.2, -0.15) is 0 Å². The number of quaternary nitrogens is 1. The number of nitrogens with zero attached hydrogens (tertiary/aromatic N) is 1. The molecule has 0 aromatic rings. The SMILES string of the molecule is CCCCCCC/C=C\C/C=C\C/C=C\CCCCCCCCCCCCCCCCC(=O)OC(COC(=O)CCCCCCCCCCCCCCC/C=C\CCCCCCCCCC)COP(=O)([O-])OCC[N+](C)(C)C. The lowest BCUT2D eigenvalue weighted by atomic mass is 10.0. The van der Waals surface area contributed by atoms with Crippen LogP contribution in [0.4, 0.5) is 0 Å². The third-order valence-corrected chi connectivity index (χ3v) is 15.8. The molecule has 0 amide bonds. The summed E-state index contributed by atoms with van der Waals surface area (Å²) in [5.74, 6) is -0.820. The first-order valence-electron chi connectivity index (χ1n) is 33.3. The third-order valence-electron chi connectivity index (χ3n) is 14.8. The fraction of sp³-hybridized carbons (Fsp3) is 0.853. The van der Waals surface area contributed by atoms with Gasteiger partial charge in [-0.1, -0.05) is 281 Å². The molecule has 0 radical (unpaired) electrons. The van der Waals surface area contributed by atoms with Crippen LogP contribution in [0.2, 0.25) is 0 Å². The minimum Gasteiger partial charge on any atom is -0.756 e. The Morgan fingerprint density at radius 1 is 0.397 bits per heavy atom. The molecule has 2 atom stereocenters. The Balaban J connectivity index is 4.06. The fourth-order valence-electron chi connectivity index (χ4n) is 9.66. The van der Waals surface area contributed by atoms with Crippen molar-refractivity contribution in [2.24, 2.45) is 0 Å². The van der Waals surface area contributed by atoms with E-state index in [1.54, 1.807) is 0 Å². The minimum absolute atomic E-state index is 0.0301. The molecule has 0 aliphatic carbocycles. The van der Waals surface area contributed by atoms with Crippen molar-refractivity contribution in [3.63, 3.8) is 0 Å². The van der Waals surface area contributed by atoms with E-state index in [4.69, 9.17) is 18.5 Å². The number of carbonyl (C=O) groups excluding carboxylic acids is 2. The van der Waals surface area contributed by atoms with Crippen LogP contribution in [0, 0.1) is 0 Å². The van der Waals surface area contributed by atoms with Gasteiger partial charge < -0.3 is 27.9 Å². The summed E-state index contributed by atoms with van der Waals surface area (Å²) >= 11 is 0. The summed E-state index contributed by atoms with van der Waals surface area (Å²) in [6, 6.07) is 0. The largest absolute Gasteiger partial charge is 0.756 e. The number of rotatable bonds is 62. The van der Waals surface area contributed by atoms with E-state index in [0.717, 1.165) is 51.4 Å². The van der Waals surface area contributed by atoms with E-state index in [9.17, 15) is 19.0 Å². The number of unbranched alkanes of at least 4 members (excludes halogenated alkanes) is 40. The van der Waals surface area contributed by atoms with Gasteiger partial charge in [0.1, 0.15) is 19.8 Å². The van der Waals surface area contributed by atoms with Crippen LogP contribution in [-0.4, -0.2) is 70.0 Å². The highest BCUT2D eigenvalue weighted by molar-refractivity contribution is 7.45. The number of likely N-dealkylation sites (N-methyl/N-ethyl adjacent to an activating group) is 1. The van der Waals surface area contributed by atoms with E-state index in [2.05, 4.69) is 62.5 Å². The molecule has 0 spiro atoms. The molecule has 0 bridgehead atoms. The summed E-state index contributed by atoms with van der Waals surface area (Å²) < 4.78 is 34.3. The van der Waals surface area contributed by atoms with E-state index in [1.165, 1.54) is 238 Å². The van der Waals surface area contributed by atoms with Gasteiger partial charge in [0.05, 0.1) is 27.7 Å². The molecule has 0 aliphatic rings. The molecule has 9 nitrogen and oxygen atoms in total. The molecule has 0 aromatic heterocycles. The van der Waals surface area contributed by atoms with Crippen LogP contribution in [0.1, 0.15) is 322 Å². The molecule has 0 N–H and O–H groups in total. The summed E-state index contributed by atoms with van der Waals surface area (Å²) in [6.07, 6.45) is 76.0. The number of carbonyl (C=O) groups is 2. The predicted octanol–water partition coefficient (Wildman–Crippen LogP) is 20.6. The summed E-state index contributed by atoms with van der Waals surface area (Å²) in [5, 5.41) is 0. The molecule has 0 saturated heterocycles. The Morgan fingerprint density at radius 3 is 1.04 bits per heavy atom. The maximum atomic E-state index is 12.8. The van der Waals surface area contributed by atoms with Crippen LogP contribution >= 0.6 is 7.82 Å². The normalized spacial score (nSPS) is 13.5. The minimum atomic E-state index is -4.64. The Bertz CT molecular complexity index is 1460. The van der Waals surface area contributed by atoms with Crippen LogP contribution in [0.5, 0.6) is 0 Å². The molecular weight excluding hydrogens is 990 g/mol. The molecule has 78 heavy (non-hydrogen) atoms. The van der Waals surface area contributed by atoms with Crippen LogP contribution in [0.3, 0.4) is 0 Å². The molecular formula is C68H128NO8P. The van der Waals surface area contributed by atoms with Gasteiger partial charge in [-0.15, -0.1) is 0 Å². The topological polar surface area (TPSA) is 111 Å². The van der Waals surface area contributed by atoms with Gasteiger partial charge in [0.15, 0.2) is 6.10 Å². The van der Waals surface area contributed by atoms with Crippen LogP contribution in [0.25, 0.3) is 0 Å². The predicted molar refractivity (Wildman–Crippen MR) is 333 cm³/mol. The first kappa shape index (κ1) is 76.0. The highest BCUT2D eigenvalue weighted by Crippen LogP contribution is 2.38. The second-order valence-electron chi connectivity index (χ2n) is 23.8. The van der Waals surface area contributed by atoms with E-state index in [-0.39, 0.29) is 32.0 Å². The summed E-state index contributed by atoms with van der Waals surface area (Å²) in [6.45, 7) is 4.28. The van der Waals surface area contributed by atoms with E-state index < -0.39 is 26.5 Å². The van der Waals surface area contributed by atoms with Crippen molar-refractivity contribution >= 4 is 19.8 Å². The lowest BCUT2D eigenvalue weighted by Gasteiger charge is -2.28. The van der Waals surface area contributed by atoms with Gasteiger partial charge in [0.25, 0.3) is 7.82 Å². The smallest absolute Gasteiger partial charge is 0.306 e. The van der Waals surface area contributed by atoms with Gasteiger partial charge in [-0.3, -0.25) is 14.2 Å². The molecule has 10 heteroatoms. The zero-order valence-electron chi connectivity index (χ0n) is 52.1. The van der Waals surface area contributed by atoms with Gasteiger partial charge >= 0.3 is 11.9 Å². The maximum absolute atomic E-state index is 12.8. The number of hydrogen-bond donors (Lipinski definition) is 0. The zero-order valence-corrected chi connectivity index (χ0v) is 53.0. The second kappa shape index (κ2) is 59.6. The lowest BCUT2D eigenvalue weighted by molar-refractivity contribution is -0.870. The van der Waals surface area contributed by atoms with Crippen molar-refractivity contribution in [1.29, 1.82) is 0 Å². The fourth-order valence-corrected chi connectivity index (χ4v) is 10.4. The van der Waals surface area contributed by atoms with Crippen LogP contribution < -0.4 is 4.89 Å². The Kier molecular flexibility index (Phi) is 58.0. The molecule has 0 aromatic carbocycles. The molecule has 2 unspecified atom stereocenters. The molecule has 0 rings (SSSR count). The second-order valence-corrected chi connectivity index (χ2v) is 25.2. The monoisotopic (exact) mass is 1120 g/mol. The summed E-state index contributed by atoms with van der Waals surface area (Å²) in [5.41, 5.74) is 0. The zero-order chi connectivity index (χ0) is 57.0. The van der Waals surface area contributed by atoms with Crippen molar-refractivity contribution in [1.82, 2.24) is 0 Å². The van der Waals surface area contributed by atoms with Crippen molar-refractivity contribution in [2.75, 3.05) is 47.5 Å². The van der Waals surface area contributed by atoms with E-state index in [0.29, 0.717) is 17.4 Å². The maximum Gasteiger partial charge on any atom is 0.306 e. The van der Waals surface area contributed by atoms with E-state index in [1.807, 2.05) is 21.1 Å². The first-order valence-corrected chi connectivity index (χ1v) is 34.8. The Labute approximate surface area is 484 Å². The average molecular weight is 1120 g/mol. The Morgan fingerprint density at radius 2 is 0.692 bits per heavy atom. The quantitative estimate of drug-likeness (QED) is 0.0195. The van der Waals surface area contributed by atoms with Gasteiger partial charge in [0, 0.05) is 12.8 Å². The number of allylic oxidation sites excluding steroid dienone is 8. The molecule has 0 heterocycles. The van der Waals surface area contributed by atoms with E-state index >= 15 is 0 Å².